The average molecular weight is 437 g/mol. The molecule has 3 rings (SSSR count). The standard InChI is InChI=1S/C19H17ClN2O4S2/c1-12-15(9-11-22-19(23)24)27-18(16(12)14-8-5-10-21-17(14)20)28(25,26)13-6-3-2-4-7-13/h2-8,10,22H,9,11H2,1H3,(H,23,24). The lowest BCUT2D eigenvalue weighted by Crippen LogP contribution is -2.23. The third kappa shape index (κ3) is 4.04. The van der Waals surface area contributed by atoms with Crippen molar-refractivity contribution >= 4 is 38.9 Å². The van der Waals surface area contributed by atoms with Crippen molar-refractivity contribution in [3.05, 3.63) is 64.3 Å². The first-order valence-corrected chi connectivity index (χ1v) is 11.0. The summed E-state index contributed by atoms with van der Waals surface area (Å²) in [6.45, 7) is 2.00. The number of amides is 1. The predicted octanol–water partition coefficient (Wildman–Crippen LogP) is 4.41. The highest BCUT2D eigenvalue weighted by molar-refractivity contribution is 7.93. The molecule has 2 aromatic heterocycles. The van der Waals surface area contributed by atoms with Gasteiger partial charge in [-0.1, -0.05) is 29.8 Å². The Kier molecular flexibility index (Phi) is 6.02. The van der Waals surface area contributed by atoms with Crippen LogP contribution in [0.3, 0.4) is 0 Å². The van der Waals surface area contributed by atoms with Crippen LogP contribution in [0.5, 0.6) is 0 Å². The van der Waals surface area contributed by atoms with Gasteiger partial charge in [-0.3, -0.25) is 0 Å². The van der Waals surface area contributed by atoms with Gasteiger partial charge in [0.15, 0.2) is 0 Å². The number of halogens is 1. The summed E-state index contributed by atoms with van der Waals surface area (Å²) in [6, 6.07) is 11.6. The van der Waals surface area contributed by atoms with Crippen molar-refractivity contribution in [2.45, 2.75) is 22.4 Å². The molecule has 0 saturated carbocycles. The lowest BCUT2D eigenvalue weighted by atomic mass is 10.0. The van der Waals surface area contributed by atoms with Crippen LogP contribution in [-0.4, -0.2) is 31.1 Å². The largest absolute Gasteiger partial charge is 0.465 e. The van der Waals surface area contributed by atoms with Crippen molar-refractivity contribution in [1.82, 2.24) is 10.3 Å². The lowest BCUT2D eigenvalue weighted by molar-refractivity contribution is 0.194. The van der Waals surface area contributed by atoms with Crippen LogP contribution in [0, 0.1) is 6.92 Å². The highest BCUT2D eigenvalue weighted by atomic mass is 35.5. The van der Waals surface area contributed by atoms with Gasteiger partial charge in [0.1, 0.15) is 9.36 Å². The minimum absolute atomic E-state index is 0.177. The first-order valence-electron chi connectivity index (χ1n) is 8.32. The molecule has 0 aliphatic heterocycles. The summed E-state index contributed by atoms with van der Waals surface area (Å²) in [4.78, 5) is 15.8. The molecule has 0 aliphatic rings. The molecule has 0 fully saturated rings. The van der Waals surface area contributed by atoms with Crippen molar-refractivity contribution in [2.75, 3.05) is 6.54 Å². The van der Waals surface area contributed by atoms with Crippen LogP contribution in [0.4, 0.5) is 4.79 Å². The molecular weight excluding hydrogens is 420 g/mol. The van der Waals surface area contributed by atoms with E-state index in [4.69, 9.17) is 16.7 Å². The van der Waals surface area contributed by atoms with Crippen LogP contribution in [0.1, 0.15) is 10.4 Å². The summed E-state index contributed by atoms with van der Waals surface area (Å²) in [7, 11) is -3.78. The number of hydrogen-bond acceptors (Lipinski definition) is 5. The van der Waals surface area contributed by atoms with E-state index < -0.39 is 15.9 Å². The Morgan fingerprint density at radius 3 is 2.57 bits per heavy atom. The number of hydrogen-bond donors (Lipinski definition) is 2. The molecule has 0 saturated heterocycles. The van der Waals surface area contributed by atoms with Crippen molar-refractivity contribution in [3.8, 4) is 11.1 Å². The third-order valence-corrected chi connectivity index (χ3v) is 8.11. The molecule has 6 nitrogen and oxygen atoms in total. The van der Waals surface area contributed by atoms with E-state index in [9.17, 15) is 13.2 Å². The van der Waals surface area contributed by atoms with E-state index in [0.29, 0.717) is 17.5 Å². The fourth-order valence-electron chi connectivity index (χ4n) is 2.83. The second-order valence-electron chi connectivity index (χ2n) is 5.95. The SMILES string of the molecule is Cc1c(CCNC(=O)O)sc(S(=O)(=O)c2ccccc2)c1-c1cccnc1Cl. The summed E-state index contributed by atoms with van der Waals surface area (Å²) < 4.78 is 26.8. The van der Waals surface area contributed by atoms with Crippen LogP contribution >= 0.6 is 22.9 Å². The van der Waals surface area contributed by atoms with Gasteiger partial charge in [-0.05, 0) is 43.2 Å². The molecule has 0 radical (unpaired) electrons. The van der Waals surface area contributed by atoms with Crippen LogP contribution in [0.25, 0.3) is 11.1 Å². The maximum absolute atomic E-state index is 13.3. The van der Waals surface area contributed by atoms with Crippen molar-refractivity contribution in [3.63, 3.8) is 0 Å². The van der Waals surface area contributed by atoms with E-state index >= 15 is 0 Å². The number of nitrogens with one attached hydrogen (secondary N) is 1. The zero-order valence-corrected chi connectivity index (χ0v) is 17.2. The molecule has 28 heavy (non-hydrogen) atoms. The molecule has 0 unspecified atom stereocenters. The Bertz CT molecular complexity index is 1110. The van der Waals surface area contributed by atoms with Gasteiger partial charge in [0, 0.05) is 28.7 Å². The Hall–Kier alpha value is -2.42. The number of pyridine rings is 1. The van der Waals surface area contributed by atoms with Gasteiger partial charge < -0.3 is 10.4 Å². The molecule has 2 heterocycles. The molecular formula is C19H17ClN2O4S2. The molecule has 1 amide bonds. The van der Waals surface area contributed by atoms with E-state index in [-0.39, 0.29) is 20.8 Å². The Morgan fingerprint density at radius 2 is 1.93 bits per heavy atom. The third-order valence-electron chi connectivity index (χ3n) is 4.17. The molecule has 0 spiro atoms. The van der Waals surface area contributed by atoms with Gasteiger partial charge in [0.05, 0.1) is 4.90 Å². The number of benzene rings is 1. The van der Waals surface area contributed by atoms with E-state index in [1.165, 1.54) is 6.20 Å². The number of carbonyl (C=O) groups is 1. The highest BCUT2D eigenvalue weighted by Crippen LogP contribution is 2.43. The molecule has 3 aromatic rings. The van der Waals surface area contributed by atoms with Gasteiger partial charge in [0.2, 0.25) is 9.84 Å². The average Bonchev–Trinajstić information content (AvgIpc) is 3.00. The lowest BCUT2D eigenvalue weighted by Gasteiger charge is -2.08. The maximum atomic E-state index is 13.3. The molecule has 2 N–H and O–H groups in total. The minimum Gasteiger partial charge on any atom is -0.465 e. The Morgan fingerprint density at radius 1 is 1.21 bits per heavy atom. The summed E-state index contributed by atoms with van der Waals surface area (Å²) in [5, 5.41) is 11.3. The van der Waals surface area contributed by atoms with Gasteiger partial charge in [0.25, 0.3) is 0 Å². The number of aromatic nitrogens is 1. The van der Waals surface area contributed by atoms with Crippen molar-refractivity contribution < 1.29 is 18.3 Å². The van der Waals surface area contributed by atoms with Crippen molar-refractivity contribution in [1.29, 1.82) is 0 Å². The first kappa shape index (κ1) is 20.3. The summed E-state index contributed by atoms with van der Waals surface area (Å²) in [6.07, 6.45) is 0.788. The molecule has 9 heteroatoms. The molecule has 1 aromatic carbocycles. The maximum Gasteiger partial charge on any atom is 0.404 e. The summed E-state index contributed by atoms with van der Waals surface area (Å²) in [5.74, 6) is 0. The van der Waals surface area contributed by atoms with E-state index in [1.54, 1.807) is 42.5 Å². The zero-order chi connectivity index (χ0) is 20.3. The van der Waals surface area contributed by atoms with Crippen LogP contribution in [-0.2, 0) is 16.3 Å². The van der Waals surface area contributed by atoms with Gasteiger partial charge in [-0.15, -0.1) is 11.3 Å². The normalized spacial score (nSPS) is 11.4. The van der Waals surface area contributed by atoms with Crippen LogP contribution in [0.15, 0.2) is 57.8 Å². The number of sulfone groups is 1. The molecule has 0 atom stereocenters. The minimum atomic E-state index is -3.78. The van der Waals surface area contributed by atoms with Gasteiger partial charge in [-0.2, -0.15) is 0 Å². The van der Waals surface area contributed by atoms with Crippen LogP contribution < -0.4 is 5.32 Å². The second kappa shape index (κ2) is 8.30. The Balaban J connectivity index is 2.18. The monoisotopic (exact) mass is 436 g/mol. The smallest absolute Gasteiger partial charge is 0.404 e. The fourth-order valence-corrected chi connectivity index (χ4v) is 6.39. The van der Waals surface area contributed by atoms with Gasteiger partial charge >= 0.3 is 6.09 Å². The second-order valence-corrected chi connectivity index (χ2v) is 9.56. The number of rotatable bonds is 6. The quantitative estimate of drug-likeness (QED) is 0.558. The predicted molar refractivity (Wildman–Crippen MR) is 109 cm³/mol. The van der Waals surface area contributed by atoms with Crippen LogP contribution in [0.2, 0.25) is 5.15 Å². The zero-order valence-electron chi connectivity index (χ0n) is 14.8. The van der Waals surface area contributed by atoms with E-state index in [0.717, 1.165) is 21.8 Å². The fraction of sp³-hybridized carbons (Fsp3) is 0.158. The van der Waals surface area contributed by atoms with E-state index in [1.807, 2.05) is 6.92 Å². The van der Waals surface area contributed by atoms with E-state index in [2.05, 4.69) is 10.3 Å². The summed E-state index contributed by atoms with van der Waals surface area (Å²) in [5.41, 5.74) is 1.80. The number of carboxylic acid groups (broad SMARTS) is 1. The molecule has 0 bridgehead atoms. The summed E-state index contributed by atoms with van der Waals surface area (Å²) >= 11 is 7.40. The molecule has 146 valence electrons. The first-order chi connectivity index (χ1) is 13.3. The van der Waals surface area contributed by atoms with Gasteiger partial charge in [-0.25, -0.2) is 18.2 Å². The van der Waals surface area contributed by atoms with Crippen molar-refractivity contribution in [2.24, 2.45) is 0 Å². The number of thiophene rings is 1. The topological polar surface area (TPSA) is 96.4 Å². The Labute approximate surface area is 171 Å². The highest BCUT2D eigenvalue weighted by Gasteiger charge is 2.29. The number of nitrogens with zero attached hydrogens (tertiary/aromatic N) is 1. The molecule has 0 aliphatic carbocycles.